The summed E-state index contributed by atoms with van der Waals surface area (Å²) in [6.07, 6.45) is 4.09. The molecule has 0 heterocycles. The van der Waals surface area contributed by atoms with Crippen LogP contribution in [-0.4, -0.2) is 29.7 Å². The highest BCUT2D eigenvalue weighted by atomic mass is 16.6. The van der Waals surface area contributed by atoms with Gasteiger partial charge in [0.15, 0.2) is 0 Å². The van der Waals surface area contributed by atoms with Crippen molar-refractivity contribution in [2.24, 2.45) is 11.7 Å². The Balaban J connectivity index is 2.74. The van der Waals surface area contributed by atoms with Crippen molar-refractivity contribution >= 4 is 11.9 Å². The molecule has 0 saturated heterocycles. The smallest absolute Gasteiger partial charge is 0.326 e. The van der Waals surface area contributed by atoms with Crippen molar-refractivity contribution in [3.8, 4) is 0 Å². The highest BCUT2D eigenvalue weighted by Crippen LogP contribution is 2.28. The number of ether oxygens (including phenoxy) is 2. The molecular formula is C14H23NO4. The maximum absolute atomic E-state index is 12.0. The van der Waals surface area contributed by atoms with E-state index < -0.39 is 23.0 Å². The third-order valence-electron chi connectivity index (χ3n) is 2.83. The number of carbonyl (C=O) groups is 2. The lowest BCUT2D eigenvalue weighted by Crippen LogP contribution is -2.52. The molecule has 5 nitrogen and oxygen atoms in total. The van der Waals surface area contributed by atoms with Crippen molar-refractivity contribution in [2.45, 2.75) is 51.7 Å². The number of hydrogen-bond acceptors (Lipinski definition) is 5. The fraction of sp³-hybridized carbons (Fsp3) is 0.714. The Bertz CT molecular complexity index is 383. The van der Waals surface area contributed by atoms with E-state index in [0.717, 1.165) is 0 Å². The summed E-state index contributed by atoms with van der Waals surface area (Å²) in [6, 6.07) is 0. The van der Waals surface area contributed by atoms with Gasteiger partial charge in [0.2, 0.25) is 0 Å². The van der Waals surface area contributed by atoms with Gasteiger partial charge >= 0.3 is 11.9 Å². The zero-order valence-corrected chi connectivity index (χ0v) is 12.1. The average Bonchev–Trinajstić information content (AvgIpc) is 2.27. The largest absolute Gasteiger partial charge is 0.465 e. The van der Waals surface area contributed by atoms with E-state index in [9.17, 15) is 9.59 Å². The van der Waals surface area contributed by atoms with E-state index in [0.29, 0.717) is 6.42 Å². The molecule has 0 saturated carbocycles. The Morgan fingerprint density at radius 3 is 2.58 bits per heavy atom. The van der Waals surface area contributed by atoms with Crippen LogP contribution in [0.2, 0.25) is 0 Å². The molecule has 0 spiro atoms. The third kappa shape index (κ3) is 4.35. The standard InChI is InChI=1S/C14H23NO4/c1-5-18-12(17)14(15)8-6-7-10(9-14)11(16)19-13(2,3)4/h6-7,10H,5,8-9,15H2,1-4H3/t10-,14-/m0/s1. The van der Waals surface area contributed by atoms with Crippen LogP contribution in [0.1, 0.15) is 40.5 Å². The fourth-order valence-corrected chi connectivity index (χ4v) is 1.97. The summed E-state index contributed by atoms with van der Waals surface area (Å²) in [5.41, 5.74) is 4.36. The van der Waals surface area contributed by atoms with Crippen LogP contribution in [0.4, 0.5) is 0 Å². The molecule has 5 heteroatoms. The molecule has 2 N–H and O–H groups in total. The van der Waals surface area contributed by atoms with Gasteiger partial charge < -0.3 is 15.2 Å². The summed E-state index contributed by atoms with van der Waals surface area (Å²) in [7, 11) is 0. The van der Waals surface area contributed by atoms with E-state index in [4.69, 9.17) is 15.2 Å². The van der Waals surface area contributed by atoms with Gasteiger partial charge in [-0.25, -0.2) is 0 Å². The van der Waals surface area contributed by atoms with Crippen molar-refractivity contribution in [1.29, 1.82) is 0 Å². The Labute approximate surface area is 114 Å². The van der Waals surface area contributed by atoms with Gasteiger partial charge in [-0.1, -0.05) is 12.2 Å². The van der Waals surface area contributed by atoms with Gasteiger partial charge in [0, 0.05) is 0 Å². The molecule has 0 aromatic rings. The molecule has 0 aromatic heterocycles. The van der Waals surface area contributed by atoms with Crippen LogP contribution in [0.5, 0.6) is 0 Å². The molecule has 0 unspecified atom stereocenters. The van der Waals surface area contributed by atoms with Crippen LogP contribution >= 0.6 is 0 Å². The monoisotopic (exact) mass is 269 g/mol. The fourth-order valence-electron chi connectivity index (χ4n) is 1.97. The van der Waals surface area contributed by atoms with Gasteiger partial charge in [-0.05, 0) is 40.5 Å². The summed E-state index contributed by atoms with van der Waals surface area (Å²) < 4.78 is 10.3. The van der Waals surface area contributed by atoms with Crippen LogP contribution in [-0.2, 0) is 19.1 Å². The minimum Gasteiger partial charge on any atom is -0.465 e. The van der Waals surface area contributed by atoms with Crippen LogP contribution < -0.4 is 5.73 Å². The van der Waals surface area contributed by atoms with Crippen LogP contribution in [0.15, 0.2) is 12.2 Å². The first kappa shape index (κ1) is 15.7. The molecule has 2 atom stereocenters. The zero-order valence-electron chi connectivity index (χ0n) is 12.1. The number of esters is 2. The van der Waals surface area contributed by atoms with Gasteiger partial charge in [0.25, 0.3) is 0 Å². The number of rotatable bonds is 3. The second kappa shape index (κ2) is 5.74. The molecule has 0 radical (unpaired) electrons. The summed E-state index contributed by atoms with van der Waals surface area (Å²) >= 11 is 0. The van der Waals surface area contributed by atoms with Crippen LogP contribution in [0.25, 0.3) is 0 Å². The number of carbonyl (C=O) groups excluding carboxylic acids is 2. The van der Waals surface area contributed by atoms with E-state index in [1.165, 1.54) is 0 Å². The Morgan fingerprint density at radius 2 is 2.05 bits per heavy atom. The normalized spacial score (nSPS) is 26.9. The minimum absolute atomic E-state index is 0.219. The molecule has 0 fully saturated rings. The highest BCUT2D eigenvalue weighted by Gasteiger charge is 2.41. The lowest BCUT2D eigenvalue weighted by molar-refractivity contribution is -0.160. The maximum Gasteiger partial charge on any atom is 0.326 e. The van der Waals surface area contributed by atoms with Crippen molar-refractivity contribution < 1.29 is 19.1 Å². The Kier molecular flexibility index (Phi) is 4.74. The van der Waals surface area contributed by atoms with Crippen molar-refractivity contribution in [1.82, 2.24) is 0 Å². The predicted octanol–water partition coefficient (Wildman–Crippen LogP) is 1.55. The summed E-state index contributed by atoms with van der Waals surface area (Å²) in [4.78, 5) is 23.8. The van der Waals surface area contributed by atoms with E-state index in [-0.39, 0.29) is 19.0 Å². The summed E-state index contributed by atoms with van der Waals surface area (Å²) in [5.74, 6) is -1.32. The lowest BCUT2D eigenvalue weighted by Gasteiger charge is -2.32. The van der Waals surface area contributed by atoms with Gasteiger partial charge in [-0.15, -0.1) is 0 Å². The first-order valence-corrected chi connectivity index (χ1v) is 6.53. The van der Waals surface area contributed by atoms with Gasteiger partial charge in [0.05, 0.1) is 12.5 Å². The molecule has 0 aromatic carbocycles. The molecule has 19 heavy (non-hydrogen) atoms. The average molecular weight is 269 g/mol. The first-order chi connectivity index (χ1) is 8.68. The third-order valence-corrected chi connectivity index (χ3v) is 2.83. The van der Waals surface area contributed by atoms with E-state index in [1.807, 2.05) is 0 Å². The van der Waals surface area contributed by atoms with E-state index >= 15 is 0 Å². The summed E-state index contributed by atoms with van der Waals surface area (Å²) in [6.45, 7) is 7.42. The van der Waals surface area contributed by atoms with Crippen LogP contribution in [0, 0.1) is 5.92 Å². The summed E-state index contributed by atoms with van der Waals surface area (Å²) in [5, 5.41) is 0. The number of nitrogens with two attached hydrogens (primary N) is 1. The van der Waals surface area contributed by atoms with Crippen molar-refractivity contribution in [2.75, 3.05) is 6.61 Å². The Morgan fingerprint density at radius 1 is 1.42 bits per heavy atom. The highest BCUT2D eigenvalue weighted by molar-refractivity contribution is 5.83. The van der Waals surface area contributed by atoms with E-state index in [2.05, 4.69) is 0 Å². The molecule has 1 aliphatic rings. The van der Waals surface area contributed by atoms with Gasteiger partial charge in [-0.2, -0.15) is 0 Å². The SMILES string of the molecule is CCOC(=O)[C@]1(N)CC=C[C@H](C(=O)OC(C)(C)C)C1. The molecule has 108 valence electrons. The lowest BCUT2D eigenvalue weighted by atomic mass is 9.80. The van der Waals surface area contributed by atoms with Gasteiger partial charge in [0.1, 0.15) is 11.1 Å². The second-order valence-electron chi connectivity index (χ2n) is 5.85. The second-order valence-corrected chi connectivity index (χ2v) is 5.85. The molecule has 0 aliphatic heterocycles. The quantitative estimate of drug-likeness (QED) is 0.621. The number of hydrogen-bond donors (Lipinski definition) is 1. The van der Waals surface area contributed by atoms with Crippen molar-refractivity contribution in [3.63, 3.8) is 0 Å². The van der Waals surface area contributed by atoms with Crippen LogP contribution in [0.3, 0.4) is 0 Å². The maximum atomic E-state index is 12.0. The predicted molar refractivity (Wildman–Crippen MR) is 71.3 cm³/mol. The minimum atomic E-state index is -1.13. The molecule has 1 rings (SSSR count). The topological polar surface area (TPSA) is 78.6 Å². The first-order valence-electron chi connectivity index (χ1n) is 6.53. The molecule has 0 bridgehead atoms. The van der Waals surface area contributed by atoms with Crippen molar-refractivity contribution in [3.05, 3.63) is 12.2 Å². The van der Waals surface area contributed by atoms with Gasteiger partial charge in [-0.3, -0.25) is 9.59 Å². The van der Waals surface area contributed by atoms with E-state index in [1.54, 1.807) is 39.8 Å². The Hall–Kier alpha value is -1.36. The zero-order chi connectivity index (χ0) is 14.7. The molecule has 1 aliphatic carbocycles. The molecular weight excluding hydrogens is 246 g/mol. The molecule has 0 amide bonds.